The van der Waals surface area contributed by atoms with Gasteiger partial charge in [0, 0.05) is 30.7 Å². The van der Waals surface area contributed by atoms with E-state index in [-0.39, 0.29) is 5.91 Å². The number of nitrogens with one attached hydrogen (secondary N) is 1. The molecule has 1 aromatic carbocycles. The van der Waals surface area contributed by atoms with Gasteiger partial charge in [-0.05, 0) is 18.4 Å². The van der Waals surface area contributed by atoms with E-state index < -0.39 is 0 Å². The molecule has 1 fully saturated rings. The number of carbonyl (C=O) groups is 1. The zero-order valence-electron chi connectivity index (χ0n) is 15.2. The molecule has 25 heavy (non-hydrogen) atoms. The Morgan fingerprint density at radius 3 is 2.32 bits per heavy atom. The lowest BCUT2D eigenvalue weighted by Gasteiger charge is -2.20. The molecule has 0 spiro atoms. The molecule has 2 aromatic rings. The summed E-state index contributed by atoms with van der Waals surface area (Å²) in [6.45, 7) is 1.71. The molecule has 1 N–H and O–H groups in total. The highest BCUT2D eigenvalue weighted by Gasteiger charge is 2.22. The van der Waals surface area contributed by atoms with Crippen LogP contribution in [0.2, 0.25) is 0 Å². The standard InChI is InChI=1S/C19H26N2O4/c1-23-15-11-14-17(19(25-3)18(15)24-2)13(12-20-14)10-16(22)21-8-6-4-5-7-9-21/h11-12,20H,4-10H2,1-3H3. The molecule has 0 atom stereocenters. The minimum Gasteiger partial charge on any atom is -0.493 e. The zero-order chi connectivity index (χ0) is 17.8. The fraction of sp³-hybridized carbons (Fsp3) is 0.526. The summed E-state index contributed by atoms with van der Waals surface area (Å²) in [5.41, 5.74) is 1.79. The van der Waals surface area contributed by atoms with Crippen LogP contribution in [0.15, 0.2) is 12.3 Å². The van der Waals surface area contributed by atoms with Gasteiger partial charge >= 0.3 is 0 Å². The molecule has 3 rings (SSSR count). The number of aromatic amines is 1. The summed E-state index contributed by atoms with van der Waals surface area (Å²) in [5, 5.41) is 0.878. The van der Waals surface area contributed by atoms with E-state index in [1.807, 2.05) is 17.2 Å². The molecular formula is C19H26N2O4. The molecule has 1 aliphatic rings. The molecule has 0 aliphatic carbocycles. The topological polar surface area (TPSA) is 63.8 Å². The Morgan fingerprint density at radius 1 is 1.04 bits per heavy atom. The molecule has 1 amide bonds. The lowest BCUT2D eigenvalue weighted by molar-refractivity contribution is -0.130. The van der Waals surface area contributed by atoms with Crippen LogP contribution in [-0.2, 0) is 11.2 Å². The number of hydrogen-bond donors (Lipinski definition) is 1. The molecule has 1 aromatic heterocycles. The van der Waals surface area contributed by atoms with Crippen molar-refractivity contribution in [3.05, 3.63) is 17.8 Å². The summed E-state index contributed by atoms with van der Waals surface area (Å²) >= 11 is 0. The normalized spacial score (nSPS) is 15.1. The molecule has 1 aliphatic heterocycles. The fourth-order valence-electron chi connectivity index (χ4n) is 3.56. The number of carbonyl (C=O) groups excluding carboxylic acids is 1. The van der Waals surface area contributed by atoms with Crippen molar-refractivity contribution < 1.29 is 19.0 Å². The van der Waals surface area contributed by atoms with Gasteiger partial charge in [0.05, 0.1) is 33.3 Å². The second kappa shape index (κ2) is 7.68. The highest BCUT2D eigenvalue weighted by molar-refractivity contribution is 5.96. The highest BCUT2D eigenvalue weighted by atomic mass is 16.5. The van der Waals surface area contributed by atoms with Crippen molar-refractivity contribution >= 4 is 16.8 Å². The molecule has 2 heterocycles. The lowest BCUT2D eigenvalue weighted by atomic mass is 10.1. The van der Waals surface area contributed by atoms with Gasteiger partial charge in [0.25, 0.3) is 0 Å². The Balaban J connectivity index is 1.95. The van der Waals surface area contributed by atoms with Crippen LogP contribution in [0.25, 0.3) is 10.9 Å². The Hall–Kier alpha value is -2.37. The highest BCUT2D eigenvalue weighted by Crippen LogP contribution is 2.44. The zero-order valence-corrected chi connectivity index (χ0v) is 15.2. The molecule has 136 valence electrons. The summed E-state index contributed by atoms with van der Waals surface area (Å²) < 4.78 is 16.4. The van der Waals surface area contributed by atoms with E-state index in [0.717, 1.165) is 42.4 Å². The second-order valence-electron chi connectivity index (χ2n) is 6.35. The van der Waals surface area contributed by atoms with Crippen LogP contribution in [0.3, 0.4) is 0 Å². The van der Waals surface area contributed by atoms with E-state index in [4.69, 9.17) is 14.2 Å². The predicted molar refractivity (Wildman–Crippen MR) is 96.7 cm³/mol. The number of H-pyrrole nitrogens is 1. The number of nitrogens with zero attached hydrogens (tertiary/aromatic N) is 1. The largest absolute Gasteiger partial charge is 0.493 e. The van der Waals surface area contributed by atoms with Crippen LogP contribution in [0.1, 0.15) is 31.2 Å². The smallest absolute Gasteiger partial charge is 0.227 e. The van der Waals surface area contributed by atoms with Crippen LogP contribution in [0.4, 0.5) is 0 Å². The minimum absolute atomic E-state index is 0.166. The first kappa shape index (κ1) is 17.5. The molecule has 0 radical (unpaired) electrons. The van der Waals surface area contributed by atoms with Gasteiger partial charge in [-0.2, -0.15) is 0 Å². The number of hydrogen-bond acceptors (Lipinski definition) is 4. The number of aromatic nitrogens is 1. The molecule has 1 saturated heterocycles. The summed E-state index contributed by atoms with van der Waals surface area (Å²) in [5.74, 6) is 1.90. The second-order valence-corrected chi connectivity index (χ2v) is 6.35. The van der Waals surface area contributed by atoms with Gasteiger partial charge in [-0.3, -0.25) is 4.79 Å². The molecule has 6 heteroatoms. The predicted octanol–water partition coefficient (Wildman–Crippen LogP) is 3.14. The lowest BCUT2D eigenvalue weighted by Crippen LogP contribution is -2.33. The first-order valence-electron chi connectivity index (χ1n) is 8.76. The van der Waals surface area contributed by atoms with E-state index in [9.17, 15) is 4.79 Å². The van der Waals surface area contributed by atoms with Crippen molar-refractivity contribution in [2.45, 2.75) is 32.1 Å². The summed E-state index contributed by atoms with van der Waals surface area (Å²) in [6, 6.07) is 1.87. The molecular weight excluding hydrogens is 320 g/mol. The van der Waals surface area contributed by atoms with E-state index in [1.54, 1.807) is 21.3 Å². The van der Waals surface area contributed by atoms with Gasteiger partial charge in [-0.25, -0.2) is 0 Å². The van der Waals surface area contributed by atoms with Crippen molar-refractivity contribution in [2.75, 3.05) is 34.4 Å². The summed E-state index contributed by atoms with van der Waals surface area (Å²) in [7, 11) is 4.78. The number of ether oxygens (including phenoxy) is 3. The van der Waals surface area contributed by atoms with Crippen molar-refractivity contribution in [2.24, 2.45) is 0 Å². The first-order chi connectivity index (χ1) is 12.2. The van der Waals surface area contributed by atoms with Gasteiger partial charge in [0.15, 0.2) is 11.5 Å². The quantitative estimate of drug-likeness (QED) is 0.903. The van der Waals surface area contributed by atoms with Gasteiger partial charge < -0.3 is 24.1 Å². The Labute approximate surface area is 148 Å². The molecule has 0 saturated carbocycles. The number of rotatable bonds is 5. The maximum atomic E-state index is 12.8. The van der Waals surface area contributed by atoms with Crippen molar-refractivity contribution in [1.82, 2.24) is 9.88 Å². The van der Waals surface area contributed by atoms with E-state index >= 15 is 0 Å². The van der Waals surface area contributed by atoms with E-state index in [0.29, 0.717) is 23.7 Å². The fourth-order valence-corrected chi connectivity index (χ4v) is 3.56. The van der Waals surface area contributed by atoms with Gasteiger partial charge in [0.2, 0.25) is 11.7 Å². The van der Waals surface area contributed by atoms with Crippen LogP contribution in [0.5, 0.6) is 17.2 Å². The van der Waals surface area contributed by atoms with Gasteiger partial charge in [0.1, 0.15) is 0 Å². The van der Waals surface area contributed by atoms with Crippen LogP contribution < -0.4 is 14.2 Å². The van der Waals surface area contributed by atoms with Crippen molar-refractivity contribution in [3.63, 3.8) is 0 Å². The SMILES string of the molecule is COc1cc2[nH]cc(CC(=O)N3CCCCCC3)c2c(OC)c1OC. The van der Waals surface area contributed by atoms with E-state index in [2.05, 4.69) is 4.98 Å². The third-order valence-electron chi connectivity index (χ3n) is 4.85. The van der Waals surface area contributed by atoms with E-state index in [1.165, 1.54) is 12.8 Å². The van der Waals surface area contributed by atoms with Crippen LogP contribution >= 0.6 is 0 Å². The van der Waals surface area contributed by atoms with Gasteiger partial charge in [-0.1, -0.05) is 12.8 Å². The minimum atomic E-state index is 0.166. The third-order valence-corrected chi connectivity index (χ3v) is 4.85. The maximum absolute atomic E-state index is 12.8. The number of benzene rings is 1. The Bertz CT molecular complexity index is 745. The Morgan fingerprint density at radius 2 is 1.72 bits per heavy atom. The summed E-state index contributed by atoms with van der Waals surface area (Å²) in [6.07, 6.45) is 6.83. The number of likely N-dealkylation sites (tertiary alicyclic amines) is 1. The average Bonchev–Trinajstić information content (AvgIpc) is 2.85. The Kier molecular flexibility index (Phi) is 5.36. The van der Waals surface area contributed by atoms with Crippen LogP contribution in [0, 0.1) is 0 Å². The maximum Gasteiger partial charge on any atom is 0.227 e. The monoisotopic (exact) mass is 346 g/mol. The van der Waals surface area contributed by atoms with Crippen LogP contribution in [-0.4, -0.2) is 50.2 Å². The first-order valence-corrected chi connectivity index (χ1v) is 8.76. The number of amides is 1. The van der Waals surface area contributed by atoms with Crippen molar-refractivity contribution in [1.29, 1.82) is 0 Å². The van der Waals surface area contributed by atoms with Crippen molar-refractivity contribution in [3.8, 4) is 17.2 Å². The third kappa shape index (κ3) is 3.38. The average molecular weight is 346 g/mol. The summed E-state index contributed by atoms with van der Waals surface area (Å²) in [4.78, 5) is 18.0. The molecule has 0 bridgehead atoms. The van der Waals surface area contributed by atoms with Gasteiger partial charge in [-0.15, -0.1) is 0 Å². The number of fused-ring (bicyclic) bond motifs is 1. The molecule has 0 unspecified atom stereocenters. The molecule has 6 nitrogen and oxygen atoms in total. The number of methoxy groups -OCH3 is 3.